The highest BCUT2D eigenvalue weighted by Gasteiger charge is 2.28. The molecule has 3 rings (SSSR count). The van der Waals surface area contributed by atoms with E-state index in [-0.39, 0.29) is 6.10 Å². The molecule has 0 radical (unpaired) electrons. The summed E-state index contributed by atoms with van der Waals surface area (Å²) in [5.74, 6) is 1.05. The Morgan fingerprint density at radius 1 is 1.32 bits per heavy atom. The van der Waals surface area contributed by atoms with Crippen LogP contribution in [0.5, 0.6) is 0 Å². The predicted octanol–water partition coefficient (Wildman–Crippen LogP) is 3.51. The Kier molecular flexibility index (Phi) is 5.24. The fourth-order valence-electron chi connectivity index (χ4n) is 3.10. The van der Waals surface area contributed by atoms with Gasteiger partial charge in [-0.2, -0.15) is 0 Å². The highest BCUT2D eigenvalue weighted by atomic mass is 16.5. The summed E-state index contributed by atoms with van der Waals surface area (Å²) in [5.41, 5.74) is 1.21. The van der Waals surface area contributed by atoms with Crippen LogP contribution in [0, 0.1) is 0 Å². The third-order valence-electron chi connectivity index (χ3n) is 4.26. The van der Waals surface area contributed by atoms with E-state index in [0.717, 1.165) is 38.1 Å². The Morgan fingerprint density at radius 2 is 2.18 bits per heavy atom. The summed E-state index contributed by atoms with van der Waals surface area (Å²) in [4.78, 5) is 4.10. The van der Waals surface area contributed by atoms with E-state index in [0.29, 0.717) is 12.1 Å². The van der Waals surface area contributed by atoms with Crippen LogP contribution in [0.1, 0.15) is 43.6 Å². The Hall–Kier alpha value is -1.65. The molecular weight excluding hydrogens is 276 g/mol. The van der Waals surface area contributed by atoms with E-state index >= 15 is 0 Å². The zero-order valence-electron chi connectivity index (χ0n) is 13.1. The molecule has 0 amide bonds. The van der Waals surface area contributed by atoms with E-state index in [4.69, 9.17) is 9.15 Å². The first-order valence-corrected chi connectivity index (χ1v) is 8.13. The molecule has 1 aliphatic rings. The molecule has 22 heavy (non-hydrogen) atoms. The first-order valence-electron chi connectivity index (χ1n) is 8.13. The van der Waals surface area contributed by atoms with E-state index in [2.05, 4.69) is 29.4 Å². The van der Waals surface area contributed by atoms with Crippen molar-refractivity contribution in [2.24, 2.45) is 0 Å². The molecule has 0 aliphatic carbocycles. The van der Waals surface area contributed by atoms with Crippen LogP contribution in [0.25, 0.3) is 0 Å². The van der Waals surface area contributed by atoms with Gasteiger partial charge in [-0.25, -0.2) is 0 Å². The SMILES string of the molecule is C[C@@H](CCc1ccco1)N[C@H]1CCCO[C@@H]1c1ccncc1. The molecule has 1 N–H and O–H groups in total. The van der Waals surface area contributed by atoms with Crippen LogP contribution in [0.2, 0.25) is 0 Å². The zero-order valence-corrected chi connectivity index (χ0v) is 13.1. The molecule has 0 saturated carbocycles. The number of ether oxygens (including phenoxy) is 1. The van der Waals surface area contributed by atoms with Crippen molar-refractivity contribution < 1.29 is 9.15 Å². The lowest BCUT2D eigenvalue weighted by molar-refractivity contribution is -0.0136. The van der Waals surface area contributed by atoms with Crippen LogP contribution in [-0.4, -0.2) is 23.7 Å². The Morgan fingerprint density at radius 3 is 2.95 bits per heavy atom. The largest absolute Gasteiger partial charge is 0.469 e. The van der Waals surface area contributed by atoms with Gasteiger partial charge in [0.2, 0.25) is 0 Å². The maximum absolute atomic E-state index is 6.02. The minimum absolute atomic E-state index is 0.128. The Balaban J connectivity index is 1.56. The van der Waals surface area contributed by atoms with Crippen molar-refractivity contribution in [3.05, 3.63) is 54.2 Å². The number of hydrogen-bond donors (Lipinski definition) is 1. The van der Waals surface area contributed by atoms with Crippen molar-refractivity contribution >= 4 is 0 Å². The maximum atomic E-state index is 6.02. The second-order valence-corrected chi connectivity index (χ2v) is 6.01. The molecule has 0 aromatic carbocycles. The standard InChI is InChI=1S/C18H24N2O2/c1-14(6-7-16-4-2-12-21-16)20-17-5-3-13-22-18(17)15-8-10-19-11-9-15/h2,4,8-12,14,17-18,20H,3,5-7,13H2,1H3/t14-,17-,18+/m0/s1. The molecule has 4 heteroatoms. The third kappa shape index (κ3) is 3.96. The molecule has 2 aromatic rings. The monoisotopic (exact) mass is 300 g/mol. The van der Waals surface area contributed by atoms with E-state index in [1.54, 1.807) is 6.26 Å². The van der Waals surface area contributed by atoms with Gasteiger partial charge in [0.05, 0.1) is 12.4 Å². The smallest absolute Gasteiger partial charge is 0.103 e. The van der Waals surface area contributed by atoms with Gasteiger partial charge >= 0.3 is 0 Å². The molecular formula is C18H24N2O2. The normalized spacial score (nSPS) is 23.3. The Labute approximate surface area is 131 Å². The van der Waals surface area contributed by atoms with Gasteiger partial charge in [0, 0.05) is 37.5 Å². The number of aromatic nitrogens is 1. The Bertz CT molecular complexity index is 541. The summed E-state index contributed by atoms with van der Waals surface area (Å²) in [5, 5.41) is 3.74. The predicted molar refractivity (Wildman–Crippen MR) is 85.6 cm³/mol. The molecule has 3 atom stereocenters. The molecule has 0 unspecified atom stereocenters. The third-order valence-corrected chi connectivity index (χ3v) is 4.26. The topological polar surface area (TPSA) is 47.3 Å². The van der Waals surface area contributed by atoms with Gasteiger partial charge in [-0.1, -0.05) is 0 Å². The number of aryl methyl sites for hydroxylation is 1. The van der Waals surface area contributed by atoms with Gasteiger partial charge in [0.25, 0.3) is 0 Å². The molecule has 1 fully saturated rings. The average Bonchev–Trinajstić information content (AvgIpc) is 3.08. The number of nitrogens with zero attached hydrogens (tertiary/aromatic N) is 1. The zero-order chi connectivity index (χ0) is 15.2. The second-order valence-electron chi connectivity index (χ2n) is 6.01. The summed E-state index contributed by atoms with van der Waals surface area (Å²) >= 11 is 0. The molecule has 3 heterocycles. The number of furan rings is 1. The summed E-state index contributed by atoms with van der Waals surface area (Å²) in [6.45, 7) is 3.08. The van der Waals surface area contributed by atoms with E-state index in [1.807, 2.05) is 24.5 Å². The highest BCUT2D eigenvalue weighted by molar-refractivity contribution is 5.16. The fourth-order valence-corrected chi connectivity index (χ4v) is 3.10. The molecule has 118 valence electrons. The van der Waals surface area contributed by atoms with Crippen molar-refractivity contribution in [1.82, 2.24) is 10.3 Å². The number of rotatable bonds is 6. The fraction of sp³-hybridized carbons (Fsp3) is 0.500. The van der Waals surface area contributed by atoms with Crippen LogP contribution in [-0.2, 0) is 11.2 Å². The first-order chi connectivity index (χ1) is 10.8. The van der Waals surface area contributed by atoms with Gasteiger partial charge in [-0.05, 0) is 56.0 Å². The van der Waals surface area contributed by atoms with Gasteiger partial charge in [0.15, 0.2) is 0 Å². The molecule has 1 aliphatic heterocycles. The van der Waals surface area contributed by atoms with Gasteiger partial charge < -0.3 is 14.5 Å². The lowest BCUT2D eigenvalue weighted by atomic mass is 9.95. The number of hydrogen-bond acceptors (Lipinski definition) is 4. The summed E-state index contributed by atoms with van der Waals surface area (Å²) in [7, 11) is 0. The molecule has 4 nitrogen and oxygen atoms in total. The van der Waals surface area contributed by atoms with Crippen molar-refractivity contribution in [2.45, 2.75) is 50.8 Å². The summed E-state index contributed by atoms with van der Waals surface area (Å²) in [6.07, 6.45) is 9.84. The lowest BCUT2D eigenvalue weighted by Crippen LogP contribution is -2.44. The van der Waals surface area contributed by atoms with Crippen LogP contribution in [0.4, 0.5) is 0 Å². The number of pyridine rings is 1. The molecule has 0 bridgehead atoms. The highest BCUT2D eigenvalue weighted by Crippen LogP contribution is 2.28. The number of nitrogens with one attached hydrogen (secondary N) is 1. The molecule has 1 saturated heterocycles. The van der Waals surface area contributed by atoms with Crippen LogP contribution >= 0.6 is 0 Å². The van der Waals surface area contributed by atoms with Crippen molar-refractivity contribution in [3.63, 3.8) is 0 Å². The van der Waals surface area contributed by atoms with Gasteiger partial charge in [-0.15, -0.1) is 0 Å². The molecule has 0 spiro atoms. The van der Waals surface area contributed by atoms with Gasteiger partial charge in [-0.3, -0.25) is 4.98 Å². The van der Waals surface area contributed by atoms with E-state index < -0.39 is 0 Å². The minimum Gasteiger partial charge on any atom is -0.469 e. The van der Waals surface area contributed by atoms with Crippen LogP contribution < -0.4 is 5.32 Å². The summed E-state index contributed by atoms with van der Waals surface area (Å²) in [6, 6.07) is 8.89. The maximum Gasteiger partial charge on any atom is 0.103 e. The molecule has 2 aromatic heterocycles. The van der Waals surface area contributed by atoms with E-state index in [9.17, 15) is 0 Å². The minimum atomic E-state index is 0.128. The van der Waals surface area contributed by atoms with E-state index in [1.165, 1.54) is 5.56 Å². The van der Waals surface area contributed by atoms with Gasteiger partial charge in [0.1, 0.15) is 5.76 Å². The van der Waals surface area contributed by atoms with Crippen LogP contribution in [0.3, 0.4) is 0 Å². The average molecular weight is 300 g/mol. The first kappa shape index (κ1) is 15.3. The summed E-state index contributed by atoms with van der Waals surface area (Å²) < 4.78 is 11.4. The van der Waals surface area contributed by atoms with Crippen molar-refractivity contribution in [2.75, 3.05) is 6.61 Å². The van der Waals surface area contributed by atoms with Crippen molar-refractivity contribution in [1.29, 1.82) is 0 Å². The lowest BCUT2D eigenvalue weighted by Gasteiger charge is -2.34. The van der Waals surface area contributed by atoms with Crippen LogP contribution in [0.15, 0.2) is 47.3 Å². The quantitative estimate of drug-likeness (QED) is 0.887. The van der Waals surface area contributed by atoms with Crippen molar-refractivity contribution in [3.8, 4) is 0 Å². The second kappa shape index (κ2) is 7.56.